The Labute approximate surface area is 218 Å². The molecule has 0 amide bonds. The molecule has 5 heteroatoms. The first-order chi connectivity index (χ1) is 14.7. The zero-order valence-electron chi connectivity index (χ0n) is 25.4. The maximum Gasteiger partial charge on any atom is 0.0598 e. The second-order valence-electron chi connectivity index (χ2n) is 11.8. The minimum absolute atomic E-state index is 0.0299. The van der Waals surface area contributed by atoms with Crippen molar-refractivity contribution in [3.63, 3.8) is 0 Å². The molecule has 0 spiro atoms. The summed E-state index contributed by atoms with van der Waals surface area (Å²) in [5.41, 5.74) is 0.183. The van der Waals surface area contributed by atoms with Gasteiger partial charge in [0, 0.05) is 31.8 Å². The molecule has 0 radical (unpaired) electrons. The highest BCUT2D eigenvalue weighted by Gasteiger charge is 2.09. The summed E-state index contributed by atoms with van der Waals surface area (Å²) in [6.45, 7) is 34.6. The number of rotatable bonds is 9. The van der Waals surface area contributed by atoms with E-state index in [4.69, 9.17) is 18.9 Å². The Morgan fingerprint density at radius 2 is 0.788 bits per heavy atom. The number of alkyl halides is 1. The van der Waals surface area contributed by atoms with Crippen LogP contribution in [0.3, 0.4) is 0 Å². The number of hydrogen-bond donors (Lipinski definition) is 0. The van der Waals surface area contributed by atoms with Crippen molar-refractivity contribution >= 4 is 15.9 Å². The molecule has 0 unspecified atom stereocenters. The van der Waals surface area contributed by atoms with Crippen molar-refractivity contribution in [3.8, 4) is 0 Å². The van der Waals surface area contributed by atoms with Gasteiger partial charge in [-0.05, 0) is 109 Å². The topological polar surface area (TPSA) is 36.9 Å². The van der Waals surface area contributed by atoms with Gasteiger partial charge in [0.25, 0.3) is 0 Å². The van der Waals surface area contributed by atoms with Gasteiger partial charge in [0.05, 0.1) is 22.4 Å². The van der Waals surface area contributed by atoms with E-state index in [1.807, 2.05) is 6.92 Å². The second-order valence-corrected chi connectivity index (χ2v) is 12.6. The molecule has 0 heterocycles. The summed E-state index contributed by atoms with van der Waals surface area (Å²) in [6.07, 6.45) is 4.60. The smallest absolute Gasteiger partial charge is 0.0598 e. The van der Waals surface area contributed by atoms with Gasteiger partial charge in [-0.1, -0.05) is 36.2 Å². The van der Waals surface area contributed by atoms with Crippen LogP contribution in [0.5, 0.6) is 0 Å². The largest absolute Gasteiger partial charge is 0.376 e. The van der Waals surface area contributed by atoms with E-state index in [2.05, 4.69) is 113 Å². The average Bonchev–Trinajstić information content (AvgIpc) is 2.58. The third kappa shape index (κ3) is 65.4. The van der Waals surface area contributed by atoms with E-state index in [0.717, 1.165) is 44.6 Å². The quantitative estimate of drug-likeness (QED) is 0.215. The monoisotopic (exact) mass is 542 g/mol. The fourth-order valence-electron chi connectivity index (χ4n) is 1.80. The molecule has 0 aromatic heterocycles. The number of ether oxygens (including phenoxy) is 4. The van der Waals surface area contributed by atoms with Crippen molar-refractivity contribution in [2.75, 3.05) is 31.8 Å². The maximum absolute atomic E-state index is 5.47. The predicted molar refractivity (Wildman–Crippen MR) is 152 cm³/mol. The van der Waals surface area contributed by atoms with E-state index < -0.39 is 0 Å². The van der Waals surface area contributed by atoms with Crippen molar-refractivity contribution in [2.24, 2.45) is 0 Å². The molecule has 4 nitrogen and oxygen atoms in total. The molecule has 0 atom stereocenters. The van der Waals surface area contributed by atoms with E-state index in [0.29, 0.717) is 0 Å². The van der Waals surface area contributed by atoms with Crippen LogP contribution in [0.15, 0.2) is 0 Å². The van der Waals surface area contributed by atoms with E-state index in [1.54, 1.807) is 0 Å². The highest BCUT2D eigenvalue weighted by molar-refractivity contribution is 9.09. The predicted octanol–water partition coefficient (Wildman–Crippen LogP) is 9.22. The number of unbranched alkanes of at least 4 members (excludes halogenated alkanes) is 1. The third-order valence-electron chi connectivity index (χ3n) is 3.16. The molecule has 0 aliphatic carbocycles. The molecular weight excluding hydrogens is 480 g/mol. The van der Waals surface area contributed by atoms with Gasteiger partial charge in [-0.15, -0.1) is 0 Å². The minimum Gasteiger partial charge on any atom is -0.376 e. The number of halogens is 1. The fourth-order valence-corrected chi connectivity index (χ4v) is 2.03. The molecule has 206 valence electrons. The lowest BCUT2D eigenvalue weighted by Gasteiger charge is -2.18. The highest BCUT2D eigenvalue weighted by Crippen LogP contribution is 2.08. The van der Waals surface area contributed by atoms with Gasteiger partial charge in [-0.25, -0.2) is 0 Å². The maximum atomic E-state index is 5.47. The van der Waals surface area contributed by atoms with E-state index in [-0.39, 0.29) is 22.4 Å². The van der Waals surface area contributed by atoms with Crippen LogP contribution in [0, 0.1) is 0 Å². The molecule has 0 aromatic carbocycles. The summed E-state index contributed by atoms with van der Waals surface area (Å²) in [5, 5.41) is 1.03. The first-order valence-corrected chi connectivity index (χ1v) is 14.0. The molecule has 0 aromatic rings. The third-order valence-corrected chi connectivity index (χ3v) is 3.72. The van der Waals surface area contributed by atoms with Crippen molar-refractivity contribution in [1.29, 1.82) is 0 Å². The SMILES string of the molecule is CC(C)(C)OCCCBr.CCCCOC(C)(C)C.CCCOC(C)(C)C.CCOC(C)(C)C. The summed E-state index contributed by atoms with van der Waals surface area (Å²) in [5.74, 6) is 0. The van der Waals surface area contributed by atoms with Gasteiger partial charge in [-0.3, -0.25) is 0 Å². The van der Waals surface area contributed by atoms with Gasteiger partial charge in [0.1, 0.15) is 0 Å². The van der Waals surface area contributed by atoms with Crippen LogP contribution in [0.25, 0.3) is 0 Å². The standard InChI is InChI=1S/C8H18O.C7H15BrO.C7H16O.C6H14O/c1-5-6-7-9-8(2,3)4;1-7(2,3)9-6-4-5-8;1-5-6-8-7(2,3)4;1-5-7-6(2,3)4/h5-7H2,1-4H3;4-6H2,1-3H3;5-6H2,1-4H3;5H2,1-4H3. The Balaban J connectivity index is -0.000000171. The summed E-state index contributed by atoms with van der Waals surface area (Å²) >= 11 is 3.34. The molecule has 0 saturated carbocycles. The molecule has 0 aliphatic heterocycles. The van der Waals surface area contributed by atoms with Crippen LogP contribution in [0.4, 0.5) is 0 Å². The summed E-state index contributed by atoms with van der Waals surface area (Å²) in [4.78, 5) is 0. The second kappa shape index (κ2) is 22.8. The van der Waals surface area contributed by atoms with Gasteiger partial charge >= 0.3 is 0 Å². The van der Waals surface area contributed by atoms with E-state index in [9.17, 15) is 0 Å². The highest BCUT2D eigenvalue weighted by atomic mass is 79.9. The molecule has 0 rings (SSSR count). The molecule has 0 aliphatic rings. The van der Waals surface area contributed by atoms with Crippen LogP contribution in [0.1, 0.15) is 130 Å². The van der Waals surface area contributed by atoms with Crippen LogP contribution >= 0.6 is 15.9 Å². The van der Waals surface area contributed by atoms with Gasteiger partial charge in [0.15, 0.2) is 0 Å². The normalized spacial score (nSPS) is 12.0. The molecule has 33 heavy (non-hydrogen) atoms. The summed E-state index contributed by atoms with van der Waals surface area (Å²) in [7, 11) is 0. The van der Waals surface area contributed by atoms with Gasteiger partial charge < -0.3 is 18.9 Å². The Hall–Kier alpha value is 0.320. The zero-order chi connectivity index (χ0) is 27.2. The van der Waals surface area contributed by atoms with E-state index in [1.165, 1.54) is 12.8 Å². The summed E-state index contributed by atoms with van der Waals surface area (Å²) < 4.78 is 21.5. The lowest BCUT2D eigenvalue weighted by molar-refractivity contribution is -0.00427. The van der Waals surface area contributed by atoms with Crippen LogP contribution in [-0.2, 0) is 18.9 Å². The van der Waals surface area contributed by atoms with Gasteiger partial charge in [0.2, 0.25) is 0 Å². The first kappa shape index (κ1) is 40.5. The molecule has 0 fully saturated rings. The lowest BCUT2D eigenvalue weighted by atomic mass is 10.2. The van der Waals surface area contributed by atoms with Crippen molar-refractivity contribution in [2.45, 2.75) is 152 Å². The molecule has 0 saturated heterocycles. The van der Waals surface area contributed by atoms with Crippen LogP contribution in [-0.4, -0.2) is 54.2 Å². The summed E-state index contributed by atoms with van der Waals surface area (Å²) in [6, 6.07) is 0. The van der Waals surface area contributed by atoms with Crippen LogP contribution in [0.2, 0.25) is 0 Å². The van der Waals surface area contributed by atoms with Gasteiger partial charge in [-0.2, -0.15) is 0 Å². The average molecular weight is 544 g/mol. The molecule has 0 bridgehead atoms. The Morgan fingerprint density at radius 3 is 0.970 bits per heavy atom. The Morgan fingerprint density at radius 1 is 0.455 bits per heavy atom. The minimum atomic E-state index is 0.0299. The van der Waals surface area contributed by atoms with Crippen LogP contribution < -0.4 is 0 Å². The molecule has 0 N–H and O–H groups in total. The van der Waals surface area contributed by atoms with Crippen molar-refractivity contribution in [1.82, 2.24) is 0 Å². The Kier molecular flexibility index (Phi) is 27.9. The Bertz CT molecular complexity index is 351. The number of hydrogen-bond acceptors (Lipinski definition) is 4. The fraction of sp³-hybridized carbons (Fsp3) is 1.00. The van der Waals surface area contributed by atoms with Crippen molar-refractivity contribution < 1.29 is 18.9 Å². The van der Waals surface area contributed by atoms with Crippen molar-refractivity contribution in [3.05, 3.63) is 0 Å². The lowest BCUT2D eigenvalue weighted by Crippen LogP contribution is -2.19. The molecular formula is C28H63BrO4. The van der Waals surface area contributed by atoms with E-state index >= 15 is 0 Å². The zero-order valence-corrected chi connectivity index (χ0v) is 27.0. The first-order valence-electron chi connectivity index (χ1n) is 12.9.